The summed E-state index contributed by atoms with van der Waals surface area (Å²) in [5, 5.41) is 2.84. The lowest BCUT2D eigenvalue weighted by molar-refractivity contribution is 0.0943. The van der Waals surface area contributed by atoms with E-state index >= 15 is 0 Å². The molecule has 0 aromatic heterocycles. The number of carbonyl (C=O) groups excluding carboxylic acids is 1. The van der Waals surface area contributed by atoms with E-state index in [2.05, 4.69) is 27.9 Å². The predicted molar refractivity (Wildman–Crippen MR) is 61.8 cm³/mol. The van der Waals surface area contributed by atoms with Gasteiger partial charge in [0.2, 0.25) is 0 Å². The van der Waals surface area contributed by atoms with E-state index in [4.69, 9.17) is 0 Å². The van der Waals surface area contributed by atoms with Crippen LogP contribution in [-0.4, -0.2) is 11.9 Å². The molecular weight excluding hydrogens is 275 g/mol. The van der Waals surface area contributed by atoms with Gasteiger partial charge in [-0.25, -0.2) is 0 Å². The molecule has 0 unspecified atom stereocenters. The molecular formula is C10H12INO. The van der Waals surface area contributed by atoms with Crippen molar-refractivity contribution in [2.75, 3.05) is 0 Å². The zero-order valence-corrected chi connectivity index (χ0v) is 9.83. The number of carbonyl (C=O) groups is 1. The molecule has 1 amide bonds. The molecule has 0 fully saturated rings. The van der Waals surface area contributed by atoms with E-state index in [1.165, 1.54) is 0 Å². The van der Waals surface area contributed by atoms with Gasteiger partial charge in [0.15, 0.2) is 0 Å². The Morgan fingerprint density at radius 2 is 2.15 bits per heavy atom. The van der Waals surface area contributed by atoms with Gasteiger partial charge in [0.25, 0.3) is 5.91 Å². The van der Waals surface area contributed by atoms with Crippen molar-refractivity contribution in [2.45, 2.75) is 19.9 Å². The first-order valence-electron chi connectivity index (χ1n) is 4.16. The van der Waals surface area contributed by atoms with Gasteiger partial charge in [-0.3, -0.25) is 4.79 Å². The van der Waals surface area contributed by atoms with Crippen molar-refractivity contribution in [1.29, 1.82) is 0 Å². The largest absolute Gasteiger partial charge is 0.350 e. The van der Waals surface area contributed by atoms with Gasteiger partial charge in [0, 0.05) is 15.2 Å². The van der Waals surface area contributed by atoms with Crippen molar-refractivity contribution in [3.05, 3.63) is 33.4 Å². The van der Waals surface area contributed by atoms with Crippen molar-refractivity contribution in [2.24, 2.45) is 0 Å². The van der Waals surface area contributed by atoms with Crippen molar-refractivity contribution in [3.63, 3.8) is 0 Å². The molecule has 13 heavy (non-hydrogen) atoms. The summed E-state index contributed by atoms with van der Waals surface area (Å²) in [5.41, 5.74) is 0.723. The first-order valence-corrected chi connectivity index (χ1v) is 5.24. The number of amides is 1. The highest BCUT2D eigenvalue weighted by Crippen LogP contribution is 2.07. The van der Waals surface area contributed by atoms with Crippen LogP contribution in [0.4, 0.5) is 0 Å². The fourth-order valence-electron chi connectivity index (χ4n) is 0.975. The normalized spacial score (nSPS) is 10.2. The minimum Gasteiger partial charge on any atom is -0.350 e. The third-order valence-corrected chi connectivity index (χ3v) is 2.18. The smallest absolute Gasteiger partial charge is 0.251 e. The maximum atomic E-state index is 11.5. The molecule has 0 aliphatic heterocycles. The Morgan fingerprint density at radius 1 is 1.46 bits per heavy atom. The van der Waals surface area contributed by atoms with Gasteiger partial charge in [-0.2, -0.15) is 0 Å². The lowest BCUT2D eigenvalue weighted by atomic mass is 10.2. The molecule has 1 aromatic carbocycles. The summed E-state index contributed by atoms with van der Waals surface area (Å²) in [5.74, 6) is -0.00600. The maximum Gasteiger partial charge on any atom is 0.251 e. The predicted octanol–water partition coefficient (Wildman–Crippen LogP) is 2.43. The van der Waals surface area contributed by atoms with Crippen LogP contribution in [0.5, 0.6) is 0 Å². The Bertz CT molecular complexity index is 310. The molecule has 1 rings (SSSR count). The third kappa shape index (κ3) is 3.34. The number of hydrogen-bond donors (Lipinski definition) is 1. The van der Waals surface area contributed by atoms with Gasteiger partial charge in [-0.15, -0.1) is 0 Å². The molecule has 0 atom stereocenters. The number of benzene rings is 1. The lowest BCUT2D eigenvalue weighted by Crippen LogP contribution is -2.30. The van der Waals surface area contributed by atoms with Gasteiger partial charge in [-0.1, -0.05) is 6.07 Å². The average Bonchev–Trinajstić information content (AvgIpc) is 2.03. The van der Waals surface area contributed by atoms with Crippen LogP contribution in [-0.2, 0) is 0 Å². The quantitative estimate of drug-likeness (QED) is 0.832. The molecule has 0 heterocycles. The fourth-order valence-corrected chi connectivity index (χ4v) is 1.52. The second kappa shape index (κ2) is 4.60. The summed E-state index contributed by atoms with van der Waals surface area (Å²) >= 11 is 2.19. The van der Waals surface area contributed by atoms with Crippen molar-refractivity contribution < 1.29 is 4.79 Å². The van der Waals surface area contributed by atoms with Crippen molar-refractivity contribution >= 4 is 28.5 Å². The first kappa shape index (κ1) is 10.5. The average molecular weight is 287 g/mol. The second-order valence-electron chi connectivity index (χ2n) is 3.14. The first-order chi connectivity index (χ1) is 6.09. The van der Waals surface area contributed by atoms with Crippen LogP contribution < -0.4 is 5.32 Å². The number of halogens is 1. The summed E-state index contributed by atoms with van der Waals surface area (Å²) in [4.78, 5) is 11.5. The molecule has 1 N–H and O–H groups in total. The molecule has 0 saturated heterocycles. The van der Waals surface area contributed by atoms with E-state index in [0.717, 1.165) is 9.13 Å². The Morgan fingerprint density at radius 3 is 2.69 bits per heavy atom. The molecule has 0 saturated carbocycles. The Balaban J connectivity index is 2.77. The molecule has 0 aliphatic carbocycles. The van der Waals surface area contributed by atoms with Crippen LogP contribution >= 0.6 is 22.6 Å². The Kier molecular flexibility index (Phi) is 3.71. The van der Waals surface area contributed by atoms with Crippen LogP contribution in [0.2, 0.25) is 0 Å². The van der Waals surface area contributed by atoms with Gasteiger partial charge < -0.3 is 5.32 Å². The maximum absolute atomic E-state index is 11.5. The molecule has 1 aromatic rings. The van der Waals surface area contributed by atoms with Crippen LogP contribution in [0.3, 0.4) is 0 Å². The highest BCUT2D eigenvalue weighted by atomic mass is 125. The zero-order chi connectivity index (χ0) is 9.84. The number of rotatable bonds is 2. The van der Waals surface area contributed by atoms with Gasteiger partial charge in [-0.05, 0) is 54.6 Å². The minimum absolute atomic E-state index is 0.00600. The van der Waals surface area contributed by atoms with Gasteiger partial charge >= 0.3 is 0 Å². The number of hydrogen-bond acceptors (Lipinski definition) is 1. The molecule has 70 valence electrons. The molecule has 0 aliphatic rings. The lowest BCUT2D eigenvalue weighted by Gasteiger charge is -2.07. The van der Waals surface area contributed by atoms with Gasteiger partial charge in [0.05, 0.1) is 0 Å². The minimum atomic E-state index is -0.00600. The van der Waals surface area contributed by atoms with Crippen LogP contribution in [0, 0.1) is 3.57 Å². The van der Waals surface area contributed by atoms with Gasteiger partial charge in [0.1, 0.15) is 0 Å². The second-order valence-corrected chi connectivity index (χ2v) is 4.38. The topological polar surface area (TPSA) is 29.1 Å². The van der Waals surface area contributed by atoms with Crippen LogP contribution in [0.25, 0.3) is 0 Å². The van der Waals surface area contributed by atoms with E-state index in [9.17, 15) is 4.79 Å². The third-order valence-electron chi connectivity index (χ3n) is 1.51. The summed E-state index contributed by atoms with van der Waals surface area (Å²) in [7, 11) is 0. The summed E-state index contributed by atoms with van der Waals surface area (Å²) in [6.45, 7) is 3.90. The molecule has 0 radical (unpaired) electrons. The van der Waals surface area contributed by atoms with Crippen LogP contribution in [0.1, 0.15) is 24.2 Å². The van der Waals surface area contributed by atoms with Crippen molar-refractivity contribution in [1.82, 2.24) is 5.32 Å². The van der Waals surface area contributed by atoms with E-state index < -0.39 is 0 Å². The van der Waals surface area contributed by atoms with Crippen molar-refractivity contribution in [3.8, 4) is 0 Å². The zero-order valence-electron chi connectivity index (χ0n) is 7.67. The molecule has 3 heteroatoms. The monoisotopic (exact) mass is 287 g/mol. The van der Waals surface area contributed by atoms with E-state index in [1.807, 2.05) is 38.1 Å². The standard InChI is InChI=1S/C10H12INO/c1-7(2)12-10(13)8-4-3-5-9(11)6-8/h3-7H,1-2H3,(H,12,13)/i11-2. The summed E-state index contributed by atoms with van der Waals surface area (Å²) < 4.78 is 1.08. The van der Waals surface area contributed by atoms with E-state index in [1.54, 1.807) is 0 Å². The Labute approximate surface area is 91.9 Å². The Hall–Kier alpha value is -0.580. The fraction of sp³-hybridized carbons (Fsp3) is 0.300. The molecule has 0 spiro atoms. The summed E-state index contributed by atoms with van der Waals surface area (Å²) in [6.07, 6.45) is 0. The highest BCUT2D eigenvalue weighted by Gasteiger charge is 2.05. The van der Waals surface area contributed by atoms with E-state index in [-0.39, 0.29) is 11.9 Å². The SMILES string of the molecule is CC(C)NC(=O)c1cccc([125I])c1. The molecule has 0 bridgehead atoms. The highest BCUT2D eigenvalue weighted by molar-refractivity contribution is 14.1. The molecule has 2 nitrogen and oxygen atoms in total. The number of nitrogens with one attached hydrogen (secondary N) is 1. The van der Waals surface area contributed by atoms with Crippen LogP contribution in [0.15, 0.2) is 24.3 Å². The van der Waals surface area contributed by atoms with E-state index in [0.29, 0.717) is 0 Å². The summed E-state index contributed by atoms with van der Waals surface area (Å²) in [6, 6.07) is 7.73.